The van der Waals surface area contributed by atoms with Gasteiger partial charge >= 0.3 is 6.18 Å². The van der Waals surface area contributed by atoms with E-state index >= 15 is 0 Å². The molecule has 7 heteroatoms. The third-order valence-corrected chi connectivity index (χ3v) is 8.01. The van der Waals surface area contributed by atoms with Crippen LogP contribution in [-0.4, -0.2) is 60.5 Å². The number of benzene rings is 2. The molecule has 5 rings (SSSR count). The molecule has 0 radical (unpaired) electrons. The summed E-state index contributed by atoms with van der Waals surface area (Å²) < 4.78 is 45.8. The highest BCUT2D eigenvalue weighted by Crippen LogP contribution is 2.40. The van der Waals surface area contributed by atoms with Crippen LogP contribution in [0.5, 0.6) is 0 Å². The van der Waals surface area contributed by atoms with Gasteiger partial charge < -0.3 is 4.74 Å². The SMILES string of the molecule is O=C(Cc1cccc(C(F)(F)F)c1)C1CCN(Cc2ccccc2)[C@@H]2COC[C@H](N3CCCC3)[C@@H]12. The number of piperidine rings is 1. The molecule has 0 saturated carbocycles. The second-order valence-corrected chi connectivity index (χ2v) is 10.2. The van der Waals surface area contributed by atoms with Crippen LogP contribution < -0.4 is 0 Å². The molecule has 2 aromatic carbocycles. The summed E-state index contributed by atoms with van der Waals surface area (Å²) in [6.45, 7) is 4.84. The number of hydrogen-bond acceptors (Lipinski definition) is 4. The smallest absolute Gasteiger partial charge is 0.378 e. The summed E-state index contributed by atoms with van der Waals surface area (Å²) in [7, 11) is 0. The van der Waals surface area contributed by atoms with Crippen molar-refractivity contribution in [2.24, 2.45) is 11.8 Å². The number of fused-ring (bicyclic) bond motifs is 1. The summed E-state index contributed by atoms with van der Waals surface area (Å²) in [4.78, 5) is 18.6. The predicted octanol–water partition coefficient (Wildman–Crippen LogP) is 4.82. The molecule has 3 fully saturated rings. The molecule has 4 atom stereocenters. The van der Waals surface area contributed by atoms with Crippen molar-refractivity contribution in [1.82, 2.24) is 9.80 Å². The van der Waals surface area contributed by atoms with Gasteiger partial charge in [0.05, 0.1) is 18.8 Å². The van der Waals surface area contributed by atoms with Gasteiger partial charge in [-0.15, -0.1) is 0 Å². The zero-order valence-corrected chi connectivity index (χ0v) is 19.9. The lowest BCUT2D eigenvalue weighted by atomic mass is 9.71. The first-order valence-electron chi connectivity index (χ1n) is 12.7. The molecule has 4 nitrogen and oxygen atoms in total. The van der Waals surface area contributed by atoms with Crippen LogP contribution in [0.3, 0.4) is 0 Å². The molecule has 3 aliphatic rings. The number of rotatable bonds is 6. The summed E-state index contributed by atoms with van der Waals surface area (Å²) in [5.41, 5.74) is 0.987. The maximum absolute atomic E-state index is 13.6. The van der Waals surface area contributed by atoms with E-state index in [2.05, 4.69) is 21.9 Å². The van der Waals surface area contributed by atoms with Crippen molar-refractivity contribution in [3.05, 3.63) is 71.3 Å². The van der Waals surface area contributed by atoms with Crippen LogP contribution in [-0.2, 0) is 28.7 Å². The van der Waals surface area contributed by atoms with Crippen molar-refractivity contribution in [3.63, 3.8) is 0 Å². The molecule has 188 valence electrons. The number of ketones is 1. The quantitative estimate of drug-likeness (QED) is 0.586. The minimum absolute atomic E-state index is 0.0457. The van der Waals surface area contributed by atoms with Gasteiger partial charge in [0.15, 0.2) is 0 Å². The molecule has 3 aliphatic heterocycles. The summed E-state index contributed by atoms with van der Waals surface area (Å²) in [5.74, 6) is 0.0125. The highest BCUT2D eigenvalue weighted by atomic mass is 19.4. The van der Waals surface area contributed by atoms with Gasteiger partial charge in [0.1, 0.15) is 5.78 Å². The lowest BCUT2D eigenvalue weighted by Crippen LogP contribution is -2.63. The third-order valence-electron chi connectivity index (χ3n) is 8.01. The van der Waals surface area contributed by atoms with E-state index in [0.29, 0.717) is 18.8 Å². The topological polar surface area (TPSA) is 32.8 Å². The number of nitrogens with zero attached hydrogens (tertiary/aromatic N) is 2. The van der Waals surface area contributed by atoms with Crippen LogP contribution in [0.25, 0.3) is 0 Å². The number of carbonyl (C=O) groups is 1. The highest BCUT2D eigenvalue weighted by Gasteiger charge is 2.49. The van der Waals surface area contributed by atoms with Crippen LogP contribution in [0.2, 0.25) is 0 Å². The average Bonchev–Trinajstić information content (AvgIpc) is 3.39. The molecule has 0 aromatic heterocycles. The zero-order valence-electron chi connectivity index (χ0n) is 19.9. The van der Waals surface area contributed by atoms with E-state index in [1.54, 1.807) is 6.07 Å². The number of Topliss-reactive ketones (excluding diaryl/α,β-unsaturated/α-hetero) is 1. The summed E-state index contributed by atoms with van der Waals surface area (Å²) >= 11 is 0. The molecular formula is C28H33F3N2O2. The van der Waals surface area contributed by atoms with Gasteiger partial charge in [-0.05, 0) is 56.1 Å². The average molecular weight is 487 g/mol. The Hall–Kier alpha value is -2.22. The summed E-state index contributed by atoms with van der Waals surface area (Å²) in [5, 5.41) is 0. The monoisotopic (exact) mass is 486 g/mol. The van der Waals surface area contributed by atoms with Gasteiger partial charge in [-0.25, -0.2) is 0 Å². The van der Waals surface area contributed by atoms with Crippen molar-refractivity contribution in [1.29, 1.82) is 0 Å². The fourth-order valence-electron chi connectivity index (χ4n) is 6.34. The number of carbonyl (C=O) groups excluding carboxylic acids is 1. The first kappa shape index (κ1) is 24.5. The maximum atomic E-state index is 13.6. The van der Waals surface area contributed by atoms with Gasteiger partial charge in [0.25, 0.3) is 0 Å². The molecular weight excluding hydrogens is 453 g/mol. The predicted molar refractivity (Wildman–Crippen MR) is 128 cm³/mol. The molecule has 3 heterocycles. The van der Waals surface area contributed by atoms with Gasteiger partial charge in [-0.1, -0.05) is 48.5 Å². The molecule has 0 bridgehead atoms. The van der Waals surface area contributed by atoms with Gasteiger partial charge in [-0.2, -0.15) is 13.2 Å². The Morgan fingerprint density at radius 2 is 1.63 bits per heavy atom. The Kier molecular flexibility index (Phi) is 7.28. The van der Waals surface area contributed by atoms with E-state index in [1.165, 1.54) is 11.6 Å². The molecule has 0 spiro atoms. The first-order valence-corrected chi connectivity index (χ1v) is 12.7. The molecule has 1 unspecified atom stereocenters. The number of hydrogen-bond donors (Lipinski definition) is 0. The van der Waals surface area contributed by atoms with Gasteiger partial charge in [0, 0.05) is 36.9 Å². The van der Waals surface area contributed by atoms with Crippen LogP contribution in [0.4, 0.5) is 13.2 Å². The Balaban J connectivity index is 1.39. The fraction of sp³-hybridized carbons (Fsp3) is 0.536. The Morgan fingerprint density at radius 1 is 0.914 bits per heavy atom. The number of halogens is 3. The molecule has 35 heavy (non-hydrogen) atoms. The van der Waals surface area contributed by atoms with E-state index in [0.717, 1.165) is 57.6 Å². The second-order valence-electron chi connectivity index (χ2n) is 10.2. The largest absolute Gasteiger partial charge is 0.416 e. The van der Waals surface area contributed by atoms with Gasteiger partial charge in [-0.3, -0.25) is 14.6 Å². The minimum atomic E-state index is -4.41. The molecule has 0 aliphatic carbocycles. The molecule has 2 aromatic rings. The third kappa shape index (κ3) is 5.47. The van der Waals surface area contributed by atoms with E-state index < -0.39 is 11.7 Å². The van der Waals surface area contributed by atoms with Crippen LogP contribution >= 0.6 is 0 Å². The van der Waals surface area contributed by atoms with Crippen LogP contribution in [0, 0.1) is 11.8 Å². The summed E-state index contributed by atoms with van der Waals surface area (Å²) in [6, 6.07) is 15.9. The Bertz CT molecular complexity index is 1010. The zero-order chi connectivity index (χ0) is 24.4. The maximum Gasteiger partial charge on any atom is 0.416 e. The van der Waals surface area contributed by atoms with Crippen molar-refractivity contribution < 1.29 is 22.7 Å². The molecule has 0 amide bonds. The molecule has 3 saturated heterocycles. The standard InChI is InChI=1S/C28H33F3N2O2/c29-28(30,31)22-10-6-9-21(15-22)16-26(34)23-11-14-33(17-20-7-2-1-3-8-20)25-19-35-18-24(27(23)25)32-12-4-5-13-32/h1-3,6-10,15,23-25,27H,4-5,11-14,16-19H2/t23?,24-,25+,27+/m0/s1. The minimum Gasteiger partial charge on any atom is -0.378 e. The number of ether oxygens (including phenoxy) is 1. The van der Waals surface area contributed by atoms with Crippen molar-refractivity contribution in [2.75, 3.05) is 32.8 Å². The number of alkyl halides is 3. The van der Waals surface area contributed by atoms with E-state index in [9.17, 15) is 18.0 Å². The first-order chi connectivity index (χ1) is 16.9. The lowest BCUT2D eigenvalue weighted by molar-refractivity contribution is -0.142. The van der Waals surface area contributed by atoms with Crippen molar-refractivity contribution in [3.8, 4) is 0 Å². The van der Waals surface area contributed by atoms with Crippen molar-refractivity contribution >= 4 is 5.78 Å². The Labute approximate surface area is 205 Å². The Morgan fingerprint density at radius 3 is 2.37 bits per heavy atom. The lowest BCUT2D eigenvalue weighted by Gasteiger charge is -2.52. The van der Waals surface area contributed by atoms with Crippen LogP contribution in [0.15, 0.2) is 54.6 Å². The van der Waals surface area contributed by atoms with E-state index in [-0.39, 0.29) is 36.1 Å². The number of likely N-dealkylation sites (tertiary alicyclic amines) is 2. The van der Waals surface area contributed by atoms with Crippen molar-refractivity contribution in [2.45, 2.75) is 50.5 Å². The normalized spacial score (nSPS) is 28.1. The van der Waals surface area contributed by atoms with Gasteiger partial charge in [0.2, 0.25) is 0 Å². The highest BCUT2D eigenvalue weighted by molar-refractivity contribution is 5.84. The molecule has 0 N–H and O–H groups in total. The fourth-order valence-corrected chi connectivity index (χ4v) is 6.34. The van der Waals surface area contributed by atoms with E-state index in [4.69, 9.17) is 4.74 Å². The van der Waals surface area contributed by atoms with E-state index in [1.807, 2.05) is 18.2 Å². The summed E-state index contributed by atoms with van der Waals surface area (Å²) in [6.07, 6.45) is -1.32. The van der Waals surface area contributed by atoms with Crippen LogP contribution in [0.1, 0.15) is 36.0 Å². The second kappa shape index (κ2) is 10.4.